The molecule has 1 aromatic heterocycles. The summed E-state index contributed by atoms with van der Waals surface area (Å²) < 4.78 is 16.3. The molecule has 1 radical (unpaired) electrons. The predicted octanol–water partition coefficient (Wildman–Crippen LogP) is 5.94. The van der Waals surface area contributed by atoms with Crippen LogP contribution in [0.25, 0.3) is 0 Å². The maximum Gasteiger partial charge on any atom is 0.160 e. The van der Waals surface area contributed by atoms with E-state index in [1.807, 2.05) is 36.5 Å². The van der Waals surface area contributed by atoms with Gasteiger partial charge in [-0.3, -0.25) is 4.98 Å². The normalized spacial score (nSPS) is 13.5. The number of nitrogens with zero attached hydrogens (tertiary/aromatic N) is 3. The number of pyridine rings is 1. The van der Waals surface area contributed by atoms with Crippen molar-refractivity contribution in [1.29, 1.82) is 0 Å². The number of methoxy groups -OCH3 is 3. The van der Waals surface area contributed by atoms with E-state index in [9.17, 15) is 0 Å². The van der Waals surface area contributed by atoms with Crippen molar-refractivity contribution in [3.8, 4) is 17.2 Å². The molecule has 0 saturated carbocycles. The molecular weight excluding hydrogens is 450 g/mol. The van der Waals surface area contributed by atoms with Gasteiger partial charge in [-0.05, 0) is 91.8 Å². The molecule has 1 aliphatic rings. The third-order valence-electron chi connectivity index (χ3n) is 6.34. The van der Waals surface area contributed by atoms with Crippen molar-refractivity contribution in [2.45, 2.75) is 39.7 Å². The first-order valence-electron chi connectivity index (χ1n) is 12.1. The van der Waals surface area contributed by atoms with Gasteiger partial charge in [0.05, 0.1) is 27.9 Å². The van der Waals surface area contributed by atoms with Crippen LogP contribution in [-0.4, -0.2) is 37.0 Å². The van der Waals surface area contributed by atoms with E-state index in [1.54, 1.807) is 21.3 Å². The minimum atomic E-state index is 0.726. The van der Waals surface area contributed by atoms with Gasteiger partial charge in [-0.2, -0.15) is 0 Å². The lowest BCUT2D eigenvalue weighted by molar-refractivity contribution is 0.354. The Hall–Kier alpha value is -3.80. The molecule has 2 heterocycles. The fraction of sp³-hybridized carbons (Fsp3) is 0.300. The summed E-state index contributed by atoms with van der Waals surface area (Å²) in [6, 6.07) is 18.4. The minimum absolute atomic E-state index is 0.726. The molecule has 6 heteroatoms. The van der Waals surface area contributed by atoms with E-state index in [2.05, 4.69) is 54.5 Å². The number of aromatic nitrogens is 1. The van der Waals surface area contributed by atoms with Crippen molar-refractivity contribution in [2.75, 3.05) is 21.3 Å². The van der Waals surface area contributed by atoms with Crippen LogP contribution in [0.4, 0.5) is 0 Å². The first-order valence-corrected chi connectivity index (χ1v) is 12.1. The fourth-order valence-electron chi connectivity index (χ4n) is 4.33. The number of benzene rings is 2. The average molecular weight is 485 g/mol. The summed E-state index contributed by atoms with van der Waals surface area (Å²) in [5.41, 5.74) is 6.93. The van der Waals surface area contributed by atoms with Crippen LogP contribution in [0, 0.1) is 13.5 Å². The van der Waals surface area contributed by atoms with Crippen LogP contribution in [0.15, 0.2) is 77.1 Å². The van der Waals surface area contributed by atoms with Crippen molar-refractivity contribution in [1.82, 2.24) is 9.88 Å². The monoisotopic (exact) mass is 484 g/mol. The van der Waals surface area contributed by atoms with Gasteiger partial charge >= 0.3 is 0 Å². The molecule has 0 unspecified atom stereocenters. The van der Waals surface area contributed by atoms with E-state index in [1.165, 1.54) is 16.7 Å². The smallest absolute Gasteiger partial charge is 0.160 e. The Morgan fingerprint density at radius 2 is 1.53 bits per heavy atom. The number of amidine groups is 1. The molecule has 0 atom stereocenters. The van der Waals surface area contributed by atoms with E-state index in [-0.39, 0.29) is 0 Å². The third-order valence-corrected chi connectivity index (χ3v) is 6.34. The Kier molecular flexibility index (Phi) is 8.26. The van der Waals surface area contributed by atoms with Crippen molar-refractivity contribution >= 4 is 5.84 Å². The molecule has 187 valence electrons. The molecule has 0 amide bonds. The summed E-state index contributed by atoms with van der Waals surface area (Å²) in [5, 5.41) is 0. The summed E-state index contributed by atoms with van der Waals surface area (Å²) in [5.74, 6) is 3.29. The van der Waals surface area contributed by atoms with Gasteiger partial charge in [-0.25, -0.2) is 4.99 Å². The number of rotatable bonds is 10. The number of hydrogen-bond acceptors (Lipinski definition) is 6. The first-order chi connectivity index (χ1) is 17.5. The summed E-state index contributed by atoms with van der Waals surface area (Å²) in [6.07, 6.45) is 4.29. The highest BCUT2D eigenvalue weighted by atomic mass is 16.5. The largest absolute Gasteiger partial charge is 0.497 e. The zero-order valence-electron chi connectivity index (χ0n) is 21.7. The Bertz CT molecular complexity index is 1250. The zero-order chi connectivity index (χ0) is 25.5. The highest BCUT2D eigenvalue weighted by Gasteiger charge is 2.21. The van der Waals surface area contributed by atoms with Gasteiger partial charge in [-0.1, -0.05) is 18.2 Å². The summed E-state index contributed by atoms with van der Waals surface area (Å²) in [7, 11) is 5.00. The quantitative estimate of drug-likeness (QED) is 0.356. The molecule has 4 rings (SSSR count). The van der Waals surface area contributed by atoms with Gasteiger partial charge in [0.1, 0.15) is 11.6 Å². The highest BCUT2D eigenvalue weighted by Crippen LogP contribution is 2.32. The molecule has 0 fully saturated rings. The van der Waals surface area contributed by atoms with Crippen molar-refractivity contribution in [3.63, 3.8) is 0 Å². The van der Waals surface area contributed by atoms with E-state index >= 15 is 0 Å². The van der Waals surface area contributed by atoms with Gasteiger partial charge in [0, 0.05) is 24.1 Å². The lowest BCUT2D eigenvalue weighted by atomic mass is 9.98. The van der Waals surface area contributed by atoms with Crippen LogP contribution in [0.2, 0.25) is 0 Å². The average Bonchev–Trinajstić information content (AvgIpc) is 2.90. The maximum atomic E-state index is 5.54. The molecule has 3 aromatic rings. The number of ether oxygens (including phenoxy) is 3. The van der Waals surface area contributed by atoms with E-state index in [0.29, 0.717) is 0 Å². The molecule has 0 aliphatic carbocycles. The zero-order valence-corrected chi connectivity index (χ0v) is 21.7. The molecule has 0 bridgehead atoms. The number of allylic oxidation sites excluding steroid dienone is 1. The molecule has 1 aliphatic heterocycles. The van der Waals surface area contributed by atoms with Crippen LogP contribution in [0.3, 0.4) is 0 Å². The highest BCUT2D eigenvalue weighted by molar-refractivity contribution is 5.83. The lowest BCUT2D eigenvalue weighted by Crippen LogP contribution is -2.30. The van der Waals surface area contributed by atoms with Crippen LogP contribution in [0.1, 0.15) is 35.7 Å². The molecule has 36 heavy (non-hydrogen) atoms. The predicted molar refractivity (Wildman–Crippen MR) is 144 cm³/mol. The lowest BCUT2D eigenvalue weighted by Gasteiger charge is -2.30. The van der Waals surface area contributed by atoms with Crippen LogP contribution < -0.4 is 14.2 Å². The topological polar surface area (TPSA) is 56.2 Å². The van der Waals surface area contributed by atoms with E-state index in [0.717, 1.165) is 65.8 Å². The van der Waals surface area contributed by atoms with Gasteiger partial charge < -0.3 is 19.1 Å². The molecule has 6 nitrogen and oxygen atoms in total. The Morgan fingerprint density at radius 3 is 2.22 bits per heavy atom. The molecule has 0 spiro atoms. The standard InChI is InChI=1S/C30H34N3O3/c1-21-14-15-31-26(16-21)9-12-28-25(17-24-8-13-29(35-4)30(18-24)36-5)20-33(22(2)32-28)19-23-6-10-27(34-3)11-7-23/h6-8,10-11,13-16,18,20H,9,12,17,19H2,1-5H3. The summed E-state index contributed by atoms with van der Waals surface area (Å²) in [4.78, 5) is 11.8. The van der Waals surface area contributed by atoms with Gasteiger partial charge in [-0.15, -0.1) is 0 Å². The Balaban J connectivity index is 1.59. The fourth-order valence-corrected chi connectivity index (χ4v) is 4.33. The second-order valence-corrected chi connectivity index (χ2v) is 8.93. The van der Waals surface area contributed by atoms with E-state index < -0.39 is 0 Å². The van der Waals surface area contributed by atoms with Crippen molar-refractivity contribution in [3.05, 3.63) is 101 Å². The van der Waals surface area contributed by atoms with Crippen LogP contribution >= 0.6 is 0 Å². The van der Waals surface area contributed by atoms with Crippen molar-refractivity contribution < 1.29 is 14.2 Å². The van der Waals surface area contributed by atoms with Crippen molar-refractivity contribution in [2.24, 2.45) is 4.99 Å². The van der Waals surface area contributed by atoms with Crippen LogP contribution in [0.5, 0.6) is 17.2 Å². The Labute approximate surface area is 214 Å². The van der Waals surface area contributed by atoms with Crippen LogP contribution in [-0.2, 0) is 19.4 Å². The van der Waals surface area contributed by atoms with Gasteiger partial charge in [0.15, 0.2) is 11.5 Å². The maximum absolute atomic E-state index is 5.54. The molecule has 0 saturated heterocycles. The molecular formula is C30H34N3O3. The van der Waals surface area contributed by atoms with Gasteiger partial charge in [0.25, 0.3) is 0 Å². The number of hydrogen-bond donors (Lipinski definition) is 0. The summed E-state index contributed by atoms with van der Waals surface area (Å²) >= 11 is 0. The third kappa shape index (κ3) is 6.25. The van der Waals surface area contributed by atoms with E-state index in [4.69, 9.17) is 19.2 Å². The molecule has 0 N–H and O–H groups in total. The number of aliphatic imine (C=N–C) groups is 1. The summed E-state index contributed by atoms with van der Waals surface area (Å²) in [6.45, 7) is 7.14. The molecule has 2 aromatic carbocycles. The Morgan fingerprint density at radius 1 is 0.778 bits per heavy atom. The second-order valence-electron chi connectivity index (χ2n) is 8.93. The van der Waals surface area contributed by atoms with Gasteiger partial charge in [0.2, 0.25) is 0 Å². The minimum Gasteiger partial charge on any atom is -0.497 e. The first kappa shape index (κ1) is 25.3. The number of aryl methyl sites for hydroxylation is 2. The second kappa shape index (κ2) is 11.8. The SMILES string of the molecule is COc1ccc(CN2[CH]C(Cc3ccc(OC)c(OC)c3)=C(CCc3cc(C)ccn3)N=C2C)cc1.